The smallest absolute Gasteiger partial charge is 0.264 e. The van der Waals surface area contributed by atoms with Gasteiger partial charge in [-0.15, -0.1) is 0 Å². The number of benzene rings is 4. The molecular weight excluding hydrogens is 629 g/mol. The fourth-order valence-electron chi connectivity index (χ4n) is 4.85. The highest BCUT2D eigenvalue weighted by Crippen LogP contribution is 2.31. The van der Waals surface area contributed by atoms with Crippen molar-refractivity contribution in [3.8, 4) is 0 Å². The van der Waals surface area contributed by atoms with Gasteiger partial charge in [0.1, 0.15) is 12.6 Å². The molecule has 0 heterocycles. The van der Waals surface area contributed by atoms with Gasteiger partial charge in [0.25, 0.3) is 10.0 Å². The van der Waals surface area contributed by atoms with Gasteiger partial charge in [0.15, 0.2) is 0 Å². The van der Waals surface area contributed by atoms with Gasteiger partial charge in [-0.3, -0.25) is 13.9 Å². The molecule has 0 bridgehead atoms. The zero-order valence-corrected chi connectivity index (χ0v) is 27.8. The number of carbonyl (C=O) groups excluding carboxylic acids is 2. The number of nitrogens with one attached hydrogen (secondary N) is 1. The highest BCUT2D eigenvalue weighted by atomic mass is 35.5. The van der Waals surface area contributed by atoms with E-state index in [0.29, 0.717) is 6.42 Å². The van der Waals surface area contributed by atoms with Crippen molar-refractivity contribution in [1.29, 1.82) is 0 Å². The van der Waals surface area contributed by atoms with Gasteiger partial charge in [-0.05, 0) is 67.3 Å². The van der Waals surface area contributed by atoms with Crippen molar-refractivity contribution in [2.75, 3.05) is 10.8 Å². The molecular formula is C35H37Cl2N3O4S. The van der Waals surface area contributed by atoms with E-state index in [-0.39, 0.29) is 45.5 Å². The summed E-state index contributed by atoms with van der Waals surface area (Å²) in [6, 6.07) is 28.3. The van der Waals surface area contributed by atoms with Crippen LogP contribution in [0.15, 0.2) is 108 Å². The Labute approximate surface area is 275 Å². The molecule has 4 aromatic rings. The topological polar surface area (TPSA) is 86.8 Å². The largest absolute Gasteiger partial charge is 0.352 e. The van der Waals surface area contributed by atoms with Crippen molar-refractivity contribution < 1.29 is 18.0 Å². The fraction of sp³-hybridized carbons (Fsp3) is 0.257. The number of nitrogens with zero attached hydrogens (tertiary/aromatic N) is 2. The normalized spacial score (nSPS) is 12.6. The maximum Gasteiger partial charge on any atom is 0.264 e. The summed E-state index contributed by atoms with van der Waals surface area (Å²) in [7, 11) is -4.24. The van der Waals surface area contributed by atoms with E-state index in [2.05, 4.69) is 5.32 Å². The summed E-state index contributed by atoms with van der Waals surface area (Å²) in [4.78, 5) is 30.0. The molecule has 45 heavy (non-hydrogen) atoms. The Morgan fingerprint density at radius 3 is 2.09 bits per heavy atom. The highest BCUT2D eigenvalue weighted by Gasteiger charge is 2.35. The predicted molar refractivity (Wildman–Crippen MR) is 181 cm³/mol. The van der Waals surface area contributed by atoms with E-state index >= 15 is 0 Å². The van der Waals surface area contributed by atoms with Crippen molar-refractivity contribution in [3.63, 3.8) is 0 Å². The maximum absolute atomic E-state index is 14.5. The van der Waals surface area contributed by atoms with Gasteiger partial charge in [-0.1, -0.05) is 103 Å². The van der Waals surface area contributed by atoms with Crippen molar-refractivity contribution >= 4 is 50.7 Å². The van der Waals surface area contributed by atoms with E-state index < -0.39 is 28.5 Å². The van der Waals surface area contributed by atoms with Crippen LogP contribution >= 0.6 is 23.2 Å². The Hall–Kier alpha value is -3.85. The second-order valence-corrected chi connectivity index (χ2v) is 13.6. The second kappa shape index (κ2) is 15.4. The first-order valence-corrected chi connectivity index (χ1v) is 16.9. The van der Waals surface area contributed by atoms with E-state index in [0.717, 1.165) is 21.0 Å². The summed E-state index contributed by atoms with van der Waals surface area (Å²) >= 11 is 12.5. The van der Waals surface area contributed by atoms with Crippen LogP contribution in [-0.4, -0.2) is 43.8 Å². The van der Waals surface area contributed by atoms with Crippen molar-refractivity contribution in [3.05, 3.63) is 130 Å². The van der Waals surface area contributed by atoms with Crippen LogP contribution in [-0.2, 0) is 32.6 Å². The standard InChI is InChI=1S/C35H37Cl2N3O4S/c1-4-26(3)38-35(42)33(21-27-14-7-5-8-15-27)39(23-28-16-12-11-13-25(28)2)34(41)24-40(29-19-20-31(36)32(37)22-29)45(43,44)30-17-9-6-10-18-30/h5-20,22,26,33H,4,21,23-24H2,1-3H3,(H,38,42)/t26-,33-/m0/s1. The minimum absolute atomic E-state index is 0.00433. The molecule has 0 aliphatic rings. The van der Waals surface area contributed by atoms with Gasteiger partial charge < -0.3 is 10.2 Å². The Morgan fingerprint density at radius 2 is 1.47 bits per heavy atom. The Bertz CT molecular complexity index is 1720. The first-order valence-electron chi connectivity index (χ1n) is 14.7. The van der Waals surface area contributed by atoms with Gasteiger partial charge >= 0.3 is 0 Å². The van der Waals surface area contributed by atoms with Crippen molar-refractivity contribution in [2.24, 2.45) is 0 Å². The molecule has 4 rings (SSSR count). The molecule has 0 aromatic heterocycles. The molecule has 0 spiro atoms. The van der Waals surface area contributed by atoms with E-state index in [1.807, 2.05) is 75.4 Å². The zero-order valence-electron chi connectivity index (χ0n) is 25.5. The zero-order chi connectivity index (χ0) is 32.6. The minimum atomic E-state index is -4.24. The molecule has 0 fully saturated rings. The SMILES string of the molecule is CC[C@H](C)NC(=O)[C@H](Cc1ccccc1)N(Cc1ccccc1C)C(=O)CN(c1ccc(Cl)c(Cl)c1)S(=O)(=O)c1ccccc1. The van der Waals surface area contributed by atoms with E-state index in [1.54, 1.807) is 18.2 Å². The van der Waals surface area contributed by atoms with Gasteiger partial charge in [0.05, 0.1) is 20.6 Å². The Balaban J connectivity index is 1.83. The molecule has 1 N–H and O–H groups in total. The van der Waals surface area contributed by atoms with Crippen LogP contribution in [0.1, 0.15) is 37.0 Å². The van der Waals surface area contributed by atoms with Crippen LogP contribution in [0.2, 0.25) is 10.0 Å². The molecule has 0 saturated heterocycles. The van der Waals surface area contributed by atoms with Gasteiger partial charge in [0, 0.05) is 19.0 Å². The Morgan fingerprint density at radius 1 is 0.844 bits per heavy atom. The summed E-state index contributed by atoms with van der Waals surface area (Å²) in [5, 5.41) is 3.43. The van der Waals surface area contributed by atoms with E-state index in [1.165, 1.54) is 35.2 Å². The molecule has 0 saturated carbocycles. The summed E-state index contributed by atoms with van der Waals surface area (Å²) in [6.07, 6.45) is 0.939. The summed E-state index contributed by atoms with van der Waals surface area (Å²) < 4.78 is 29.2. The molecule has 0 unspecified atom stereocenters. The molecule has 0 aliphatic heterocycles. The third-order valence-corrected chi connectivity index (χ3v) is 10.2. The van der Waals surface area contributed by atoms with Crippen LogP contribution in [0.5, 0.6) is 0 Å². The molecule has 0 radical (unpaired) electrons. The van der Waals surface area contributed by atoms with Crippen LogP contribution in [0.3, 0.4) is 0 Å². The van der Waals surface area contributed by atoms with Crippen LogP contribution in [0, 0.1) is 6.92 Å². The van der Waals surface area contributed by atoms with Gasteiger partial charge in [-0.2, -0.15) is 0 Å². The van der Waals surface area contributed by atoms with Crippen LogP contribution in [0.25, 0.3) is 0 Å². The Kier molecular flexibility index (Phi) is 11.7. The maximum atomic E-state index is 14.5. The third kappa shape index (κ3) is 8.66. The van der Waals surface area contributed by atoms with Gasteiger partial charge in [0.2, 0.25) is 11.8 Å². The number of carbonyl (C=O) groups is 2. The summed E-state index contributed by atoms with van der Waals surface area (Å²) in [5.41, 5.74) is 2.81. The molecule has 4 aromatic carbocycles. The number of halogens is 2. The average molecular weight is 667 g/mol. The summed E-state index contributed by atoms with van der Waals surface area (Å²) in [6.45, 7) is 5.33. The summed E-state index contributed by atoms with van der Waals surface area (Å²) in [5.74, 6) is -0.869. The number of sulfonamides is 1. The number of anilines is 1. The van der Waals surface area contributed by atoms with Gasteiger partial charge in [-0.25, -0.2) is 8.42 Å². The number of amides is 2. The van der Waals surface area contributed by atoms with Crippen molar-refractivity contribution in [1.82, 2.24) is 10.2 Å². The quantitative estimate of drug-likeness (QED) is 0.166. The van der Waals surface area contributed by atoms with E-state index in [4.69, 9.17) is 23.2 Å². The molecule has 2 atom stereocenters. The molecule has 236 valence electrons. The molecule has 7 nitrogen and oxygen atoms in total. The van der Waals surface area contributed by atoms with E-state index in [9.17, 15) is 18.0 Å². The second-order valence-electron chi connectivity index (χ2n) is 10.9. The monoisotopic (exact) mass is 665 g/mol. The highest BCUT2D eigenvalue weighted by molar-refractivity contribution is 7.92. The number of aryl methyl sites for hydroxylation is 1. The lowest BCUT2D eigenvalue weighted by Crippen LogP contribution is -2.54. The first-order chi connectivity index (χ1) is 21.5. The van der Waals surface area contributed by atoms with Crippen LogP contribution in [0.4, 0.5) is 5.69 Å². The van der Waals surface area contributed by atoms with Crippen LogP contribution < -0.4 is 9.62 Å². The van der Waals surface area contributed by atoms with Crippen molar-refractivity contribution in [2.45, 2.75) is 57.1 Å². The lowest BCUT2D eigenvalue weighted by atomic mass is 10.0. The number of rotatable bonds is 13. The molecule has 0 aliphatic carbocycles. The molecule has 2 amide bonds. The third-order valence-electron chi connectivity index (χ3n) is 7.68. The average Bonchev–Trinajstić information content (AvgIpc) is 3.04. The predicted octanol–water partition coefficient (Wildman–Crippen LogP) is 7.05. The lowest BCUT2D eigenvalue weighted by Gasteiger charge is -2.34. The lowest BCUT2D eigenvalue weighted by molar-refractivity contribution is -0.140. The molecule has 10 heteroatoms. The fourth-order valence-corrected chi connectivity index (χ4v) is 6.57. The first kappa shape index (κ1) is 34.0. The minimum Gasteiger partial charge on any atom is -0.352 e. The number of hydrogen-bond donors (Lipinski definition) is 1. The number of hydrogen-bond acceptors (Lipinski definition) is 4.